The third kappa shape index (κ3) is 5.02. The van der Waals surface area contributed by atoms with Gasteiger partial charge < -0.3 is 10.1 Å². The van der Waals surface area contributed by atoms with Gasteiger partial charge in [0.05, 0.1) is 18.9 Å². The van der Waals surface area contributed by atoms with Gasteiger partial charge in [0.1, 0.15) is 0 Å². The van der Waals surface area contributed by atoms with Crippen molar-refractivity contribution in [3.63, 3.8) is 0 Å². The van der Waals surface area contributed by atoms with Gasteiger partial charge in [-0.1, -0.05) is 6.08 Å². The number of hydrogen-bond donors (Lipinski definition) is 1. The smallest absolute Gasteiger partial charge is 0.309 e. The molecule has 0 aromatic carbocycles. The second kappa shape index (κ2) is 6.98. The zero-order valence-electron chi connectivity index (χ0n) is 7.39. The van der Waals surface area contributed by atoms with Crippen LogP contribution in [0, 0.1) is 0 Å². The molecule has 0 rings (SSSR count). The van der Waals surface area contributed by atoms with Gasteiger partial charge in [0.2, 0.25) is 0 Å². The molecule has 0 amide bonds. The molecule has 0 aliphatic carbocycles. The molecule has 0 bridgehead atoms. The fourth-order valence-electron chi connectivity index (χ4n) is 0.650. The Kier molecular flexibility index (Phi) is 6.57. The Morgan fingerprint density at radius 2 is 2.33 bits per heavy atom. The molecule has 0 radical (unpaired) electrons. The highest BCUT2D eigenvalue weighted by Crippen LogP contribution is 1.96. The number of allylic oxidation sites excluding steroid dienone is 1. The van der Waals surface area contributed by atoms with Gasteiger partial charge in [0.15, 0.2) is 0 Å². The molecular formula is C8H14ClNO2. The molecule has 0 saturated heterocycles. The molecule has 70 valence electrons. The maximum absolute atomic E-state index is 10.8. The lowest BCUT2D eigenvalue weighted by molar-refractivity contribution is -0.142. The van der Waals surface area contributed by atoms with E-state index in [1.165, 1.54) is 0 Å². The topological polar surface area (TPSA) is 38.3 Å². The van der Waals surface area contributed by atoms with Gasteiger partial charge in [-0.15, -0.1) is 11.6 Å². The third-order valence-corrected chi connectivity index (χ3v) is 1.57. The maximum atomic E-state index is 10.8. The molecule has 12 heavy (non-hydrogen) atoms. The van der Waals surface area contributed by atoms with E-state index in [0.717, 1.165) is 5.70 Å². The van der Waals surface area contributed by atoms with Gasteiger partial charge in [-0.05, 0) is 6.92 Å². The van der Waals surface area contributed by atoms with E-state index in [4.69, 9.17) is 16.3 Å². The van der Waals surface area contributed by atoms with Crippen molar-refractivity contribution in [1.82, 2.24) is 5.32 Å². The molecule has 4 heteroatoms. The number of carbonyl (C=O) groups is 1. The average molecular weight is 192 g/mol. The lowest BCUT2D eigenvalue weighted by Crippen LogP contribution is -2.09. The highest BCUT2D eigenvalue weighted by Gasteiger charge is 1.98. The first kappa shape index (κ1) is 11.3. The van der Waals surface area contributed by atoms with Crippen LogP contribution in [0.1, 0.15) is 13.3 Å². The zero-order chi connectivity index (χ0) is 9.40. The van der Waals surface area contributed by atoms with Crippen molar-refractivity contribution in [2.45, 2.75) is 13.3 Å². The minimum absolute atomic E-state index is 0.227. The number of esters is 1. The van der Waals surface area contributed by atoms with Crippen molar-refractivity contribution in [2.75, 3.05) is 19.5 Å². The van der Waals surface area contributed by atoms with Crippen LogP contribution in [0.25, 0.3) is 0 Å². The SMILES string of the molecule is CCOC(=O)CC=C(CCl)NC. The largest absolute Gasteiger partial charge is 0.466 e. The standard InChI is InChI=1S/C8H14ClNO2/c1-3-12-8(11)5-4-7(6-9)10-2/h4,10H,3,5-6H2,1-2H3. The molecule has 0 aromatic rings. The molecule has 0 fully saturated rings. The van der Waals surface area contributed by atoms with Gasteiger partial charge in [-0.25, -0.2) is 0 Å². The van der Waals surface area contributed by atoms with E-state index in [-0.39, 0.29) is 12.4 Å². The first-order valence-corrected chi connectivity index (χ1v) is 4.36. The first-order chi connectivity index (χ1) is 5.74. The molecule has 3 nitrogen and oxygen atoms in total. The van der Waals surface area contributed by atoms with Crippen LogP contribution < -0.4 is 5.32 Å². The Morgan fingerprint density at radius 3 is 2.75 bits per heavy atom. The predicted molar refractivity (Wildman–Crippen MR) is 49.1 cm³/mol. The first-order valence-electron chi connectivity index (χ1n) is 3.83. The molecular weight excluding hydrogens is 178 g/mol. The van der Waals surface area contributed by atoms with Crippen LogP contribution in [0.4, 0.5) is 0 Å². The Labute approximate surface area is 77.7 Å². The average Bonchev–Trinajstić information content (AvgIpc) is 2.07. The number of hydrogen-bond acceptors (Lipinski definition) is 3. The quantitative estimate of drug-likeness (QED) is 0.526. The number of carbonyl (C=O) groups excluding carboxylic acids is 1. The highest BCUT2D eigenvalue weighted by molar-refractivity contribution is 6.19. The number of nitrogens with one attached hydrogen (secondary N) is 1. The number of ether oxygens (including phenoxy) is 1. The van der Waals surface area contributed by atoms with Crippen molar-refractivity contribution < 1.29 is 9.53 Å². The molecule has 0 atom stereocenters. The second-order valence-electron chi connectivity index (χ2n) is 2.12. The van der Waals surface area contributed by atoms with E-state index >= 15 is 0 Å². The summed E-state index contributed by atoms with van der Waals surface area (Å²) in [6, 6.07) is 0. The summed E-state index contributed by atoms with van der Waals surface area (Å²) in [4.78, 5) is 10.8. The van der Waals surface area contributed by atoms with Crippen LogP contribution >= 0.6 is 11.6 Å². The summed E-state index contributed by atoms with van der Waals surface area (Å²) in [5.74, 6) is 0.158. The van der Waals surface area contributed by atoms with E-state index in [1.807, 2.05) is 0 Å². The summed E-state index contributed by atoms with van der Waals surface area (Å²) in [5.41, 5.74) is 0.838. The van der Waals surface area contributed by atoms with Gasteiger partial charge in [0, 0.05) is 12.7 Å². The molecule has 0 aliphatic rings. The number of rotatable bonds is 5. The van der Waals surface area contributed by atoms with E-state index in [0.29, 0.717) is 12.5 Å². The number of alkyl halides is 1. The summed E-state index contributed by atoms with van der Waals surface area (Å²) in [6.07, 6.45) is 2.00. The summed E-state index contributed by atoms with van der Waals surface area (Å²) >= 11 is 5.55. The van der Waals surface area contributed by atoms with Crippen LogP contribution in [-0.2, 0) is 9.53 Å². The molecule has 0 aromatic heterocycles. The Morgan fingerprint density at radius 1 is 1.67 bits per heavy atom. The van der Waals surface area contributed by atoms with Crippen LogP contribution in [0.5, 0.6) is 0 Å². The zero-order valence-corrected chi connectivity index (χ0v) is 8.15. The lowest BCUT2D eigenvalue weighted by Gasteiger charge is -2.01. The number of halogens is 1. The fourth-order valence-corrected chi connectivity index (χ4v) is 0.893. The van der Waals surface area contributed by atoms with Crippen LogP contribution in [-0.4, -0.2) is 25.5 Å². The molecule has 0 saturated carbocycles. The molecule has 0 heterocycles. The van der Waals surface area contributed by atoms with E-state index in [9.17, 15) is 4.79 Å². The van der Waals surface area contributed by atoms with Gasteiger partial charge in [-0.2, -0.15) is 0 Å². The molecule has 0 unspecified atom stereocenters. The molecule has 0 aliphatic heterocycles. The van der Waals surface area contributed by atoms with Gasteiger partial charge in [-0.3, -0.25) is 4.79 Å². The van der Waals surface area contributed by atoms with Crippen molar-refractivity contribution in [2.24, 2.45) is 0 Å². The van der Waals surface area contributed by atoms with Gasteiger partial charge >= 0.3 is 5.97 Å². The van der Waals surface area contributed by atoms with E-state index in [2.05, 4.69) is 5.32 Å². The third-order valence-electron chi connectivity index (χ3n) is 1.29. The van der Waals surface area contributed by atoms with E-state index < -0.39 is 0 Å². The lowest BCUT2D eigenvalue weighted by atomic mass is 10.3. The normalized spacial score (nSPS) is 11.1. The van der Waals surface area contributed by atoms with Crippen molar-refractivity contribution in [1.29, 1.82) is 0 Å². The Bertz CT molecular complexity index is 162. The van der Waals surface area contributed by atoms with Crippen LogP contribution in [0.3, 0.4) is 0 Å². The second-order valence-corrected chi connectivity index (χ2v) is 2.39. The summed E-state index contributed by atoms with van der Waals surface area (Å²) in [7, 11) is 1.76. The minimum atomic E-state index is -0.227. The summed E-state index contributed by atoms with van der Waals surface area (Å²) < 4.78 is 4.73. The predicted octanol–water partition coefficient (Wildman–Crippen LogP) is 1.28. The highest BCUT2D eigenvalue weighted by atomic mass is 35.5. The van der Waals surface area contributed by atoms with Crippen LogP contribution in [0.15, 0.2) is 11.8 Å². The Hall–Kier alpha value is -0.700. The van der Waals surface area contributed by atoms with E-state index in [1.54, 1.807) is 20.0 Å². The minimum Gasteiger partial charge on any atom is -0.466 e. The van der Waals surface area contributed by atoms with Crippen LogP contribution in [0.2, 0.25) is 0 Å². The maximum Gasteiger partial charge on any atom is 0.309 e. The Balaban J connectivity index is 3.76. The summed E-state index contributed by atoms with van der Waals surface area (Å²) in [5, 5.41) is 2.87. The monoisotopic (exact) mass is 191 g/mol. The summed E-state index contributed by atoms with van der Waals surface area (Å²) in [6.45, 7) is 2.20. The molecule has 1 N–H and O–H groups in total. The fraction of sp³-hybridized carbons (Fsp3) is 0.625. The van der Waals surface area contributed by atoms with Crippen molar-refractivity contribution in [3.8, 4) is 0 Å². The molecule has 0 spiro atoms. The van der Waals surface area contributed by atoms with Crippen molar-refractivity contribution in [3.05, 3.63) is 11.8 Å². The van der Waals surface area contributed by atoms with Gasteiger partial charge in [0.25, 0.3) is 0 Å². The van der Waals surface area contributed by atoms with Crippen molar-refractivity contribution >= 4 is 17.6 Å².